The van der Waals surface area contributed by atoms with Crippen LogP contribution in [0.2, 0.25) is 5.02 Å². The molecule has 0 saturated heterocycles. The highest BCUT2D eigenvalue weighted by molar-refractivity contribution is 9.10. The summed E-state index contributed by atoms with van der Waals surface area (Å²) in [6.07, 6.45) is 2.42. The van der Waals surface area contributed by atoms with Gasteiger partial charge in [0.15, 0.2) is 0 Å². The van der Waals surface area contributed by atoms with E-state index >= 15 is 0 Å². The van der Waals surface area contributed by atoms with Gasteiger partial charge in [-0.2, -0.15) is 0 Å². The van der Waals surface area contributed by atoms with Gasteiger partial charge in [0.1, 0.15) is 0 Å². The maximum absolute atomic E-state index is 11.6. The van der Waals surface area contributed by atoms with Crippen molar-refractivity contribution in [2.24, 2.45) is 0 Å². The fourth-order valence-electron chi connectivity index (χ4n) is 1.33. The van der Waals surface area contributed by atoms with Crippen molar-refractivity contribution >= 4 is 55.1 Å². The molecule has 5 heteroatoms. The second kappa shape index (κ2) is 7.39. The molecule has 2 nitrogen and oxygen atoms in total. The van der Waals surface area contributed by atoms with Gasteiger partial charge in [-0.25, -0.2) is 0 Å². The molecule has 0 bridgehead atoms. The molecule has 94 valence electrons. The normalized spacial score (nSPS) is 10.4. The number of nitrogens with one attached hydrogen (secondary N) is 1. The van der Waals surface area contributed by atoms with Crippen LogP contribution in [0.1, 0.15) is 24.8 Å². The second-order valence-electron chi connectivity index (χ2n) is 3.78. The maximum atomic E-state index is 11.6. The molecule has 0 fully saturated rings. The van der Waals surface area contributed by atoms with E-state index in [1.165, 1.54) is 0 Å². The molecule has 0 aliphatic rings. The van der Waals surface area contributed by atoms with Crippen LogP contribution in [-0.4, -0.2) is 11.2 Å². The summed E-state index contributed by atoms with van der Waals surface area (Å²) in [5, 5.41) is 4.44. The number of rotatable bonds is 5. The Bertz CT molecular complexity index is 410. The van der Waals surface area contributed by atoms with E-state index in [1.807, 2.05) is 13.0 Å². The zero-order chi connectivity index (χ0) is 12.8. The summed E-state index contributed by atoms with van der Waals surface area (Å²) in [6, 6.07) is 3.67. The van der Waals surface area contributed by atoms with Gasteiger partial charge in [0, 0.05) is 21.2 Å². The molecule has 1 N–H and O–H groups in total. The van der Waals surface area contributed by atoms with Crippen molar-refractivity contribution in [3.05, 3.63) is 27.2 Å². The largest absolute Gasteiger partial charge is 0.325 e. The van der Waals surface area contributed by atoms with E-state index in [1.54, 1.807) is 6.07 Å². The molecule has 17 heavy (non-hydrogen) atoms. The Kier molecular flexibility index (Phi) is 6.52. The predicted molar refractivity (Wildman–Crippen MR) is 80.2 cm³/mol. The molecule has 1 amide bonds. The first-order valence-electron chi connectivity index (χ1n) is 5.36. The van der Waals surface area contributed by atoms with Gasteiger partial charge < -0.3 is 5.32 Å². The van der Waals surface area contributed by atoms with Crippen LogP contribution in [0.4, 0.5) is 5.69 Å². The molecule has 0 aliphatic heterocycles. The van der Waals surface area contributed by atoms with E-state index < -0.39 is 0 Å². The summed E-state index contributed by atoms with van der Waals surface area (Å²) in [4.78, 5) is 11.6. The minimum atomic E-state index is 0.0200. The Hall–Kier alpha value is -0.0600. The van der Waals surface area contributed by atoms with Crippen LogP contribution in [0.3, 0.4) is 0 Å². The lowest BCUT2D eigenvalue weighted by Gasteiger charge is -2.09. The van der Waals surface area contributed by atoms with Gasteiger partial charge in [0.2, 0.25) is 5.91 Å². The molecule has 0 unspecified atom stereocenters. The molecule has 0 saturated carbocycles. The van der Waals surface area contributed by atoms with Crippen molar-refractivity contribution < 1.29 is 4.79 Å². The summed E-state index contributed by atoms with van der Waals surface area (Å²) < 4.78 is 0.855. The van der Waals surface area contributed by atoms with Crippen LogP contribution >= 0.6 is 43.5 Å². The standard InChI is InChI=1S/C12H14Br2ClNO/c1-8-6-9(14)11(7-10(8)15)16-12(17)4-2-3-5-13/h6-7H,2-5H2,1H3,(H,16,17). The number of anilines is 1. The van der Waals surface area contributed by atoms with Gasteiger partial charge in [-0.05, 0) is 53.4 Å². The Morgan fingerprint density at radius 3 is 2.76 bits per heavy atom. The third-order valence-corrected chi connectivity index (χ3v) is 3.93. The molecule has 0 aromatic heterocycles. The molecule has 1 rings (SSSR count). The predicted octanol–water partition coefficient (Wildman–Crippen LogP) is 4.91. The number of hydrogen-bond acceptors (Lipinski definition) is 1. The fourth-order valence-corrected chi connectivity index (χ4v) is 2.45. The average molecular weight is 384 g/mol. The lowest BCUT2D eigenvalue weighted by atomic mass is 10.2. The summed E-state index contributed by atoms with van der Waals surface area (Å²) >= 11 is 12.8. The maximum Gasteiger partial charge on any atom is 0.224 e. The molecule has 1 aromatic carbocycles. The molecule has 0 spiro atoms. The molecular formula is C12H14Br2ClNO. The van der Waals surface area contributed by atoms with Crippen molar-refractivity contribution in [1.82, 2.24) is 0 Å². The van der Waals surface area contributed by atoms with Crippen molar-refractivity contribution in [3.8, 4) is 0 Å². The lowest BCUT2D eigenvalue weighted by molar-refractivity contribution is -0.116. The van der Waals surface area contributed by atoms with E-state index in [0.29, 0.717) is 11.4 Å². The number of amides is 1. The first-order valence-corrected chi connectivity index (χ1v) is 7.65. The van der Waals surface area contributed by atoms with Crippen molar-refractivity contribution in [1.29, 1.82) is 0 Å². The molecule has 0 heterocycles. The fraction of sp³-hybridized carbons (Fsp3) is 0.417. The number of alkyl halides is 1. The quantitative estimate of drug-likeness (QED) is 0.568. The Morgan fingerprint density at radius 2 is 2.12 bits per heavy atom. The Morgan fingerprint density at radius 1 is 1.41 bits per heavy atom. The van der Waals surface area contributed by atoms with Gasteiger partial charge in [0.25, 0.3) is 0 Å². The van der Waals surface area contributed by atoms with Crippen LogP contribution in [0.5, 0.6) is 0 Å². The topological polar surface area (TPSA) is 29.1 Å². The smallest absolute Gasteiger partial charge is 0.224 e. The molecule has 1 aromatic rings. The van der Waals surface area contributed by atoms with E-state index in [2.05, 4.69) is 37.2 Å². The summed E-state index contributed by atoms with van der Waals surface area (Å²) in [5.41, 5.74) is 1.71. The summed E-state index contributed by atoms with van der Waals surface area (Å²) in [6.45, 7) is 1.93. The number of benzene rings is 1. The van der Waals surface area contributed by atoms with Gasteiger partial charge in [0.05, 0.1) is 5.69 Å². The van der Waals surface area contributed by atoms with Gasteiger partial charge >= 0.3 is 0 Å². The highest BCUT2D eigenvalue weighted by Gasteiger charge is 2.07. The van der Waals surface area contributed by atoms with Gasteiger partial charge in [-0.1, -0.05) is 27.5 Å². The summed E-state index contributed by atoms with van der Waals surface area (Å²) in [5.74, 6) is 0.0200. The Labute approximate surface area is 123 Å². The number of aryl methyl sites for hydroxylation is 1. The average Bonchev–Trinajstić information content (AvgIpc) is 2.26. The van der Waals surface area contributed by atoms with Crippen molar-refractivity contribution in [2.75, 3.05) is 10.6 Å². The molecule has 0 aliphatic carbocycles. The monoisotopic (exact) mass is 381 g/mol. The second-order valence-corrected chi connectivity index (χ2v) is 5.83. The lowest BCUT2D eigenvalue weighted by Crippen LogP contribution is -2.11. The highest BCUT2D eigenvalue weighted by Crippen LogP contribution is 2.29. The SMILES string of the molecule is Cc1cc(Br)c(NC(=O)CCCCBr)cc1Cl. The minimum absolute atomic E-state index is 0.0200. The number of carbonyl (C=O) groups is 1. The first-order chi connectivity index (χ1) is 8.04. The first kappa shape index (κ1) is 15.0. The van der Waals surface area contributed by atoms with Crippen molar-refractivity contribution in [2.45, 2.75) is 26.2 Å². The van der Waals surface area contributed by atoms with Crippen LogP contribution < -0.4 is 5.32 Å². The summed E-state index contributed by atoms with van der Waals surface area (Å²) in [7, 11) is 0. The van der Waals surface area contributed by atoms with Crippen LogP contribution in [0.15, 0.2) is 16.6 Å². The van der Waals surface area contributed by atoms with E-state index in [-0.39, 0.29) is 5.91 Å². The third kappa shape index (κ3) is 4.98. The van der Waals surface area contributed by atoms with Crippen LogP contribution in [-0.2, 0) is 4.79 Å². The number of halogens is 3. The minimum Gasteiger partial charge on any atom is -0.325 e. The molecule has 0 atom stereocenters. The number of unbranched alkanes of at least 4 members (excludes halogenated alkanes) is 1. The van der Waals surface area contributed by atoms with Gasteiger partial charge in [-0.3, -0.25) is 4.79 Å². The Balaban J connectivity index is 2.62. The zero-order valence-corrected chi connectivity index (χ0v) is 13.5. The van der Waals surface area contributed by atoms with Crippen LogP contribution in [0, 0.1) is 6.92 Å². The van der Waals surface area contributed by atoms with E-state index in [9.17, 15) is 4.79 Å². The number of hydrogen-bond donors (Lipinski definition) is 1. The van der Waals surface area contributed by atoms with E-state index in [4.69, 9.17) is 11.6 Å². The molecule has 0 radical (unpaired) electrons. The van der Waals surface area contributed by atoms with E-state index in [0.717, 1.165) is 33.9 Å². The van der Waals surface area contributed by atoms with Crippen molar-refractivity contribution in [3.63, 3.8) is 0 Å². The third-order valence-electron chi connectivity index (χ3n) is 2.31. The highest BCUT2D eigenvalue weighted by atomic mass is 79.9. The van der Waals surface area contributed by atoms with Gasteiger partial charge in [-0.15, -0.1) is 0 Å². The number of carbonyl (C=O) groups excluding carboxylic acids is 1. The zero-order valence-electron chi connectivity index (χ0n) is 9.53. The van der Waals surface area contributed by atoms with Crippen LogP contribution in [0.25, 0.3) is 0 Å². The molecular weight excluding hydrogens is 369 g/mol.